The van der Waals surface area contributed by atoms with Crippen LogP contribution in [0.2, 0.25) is 0 Å². The Bertz CT molecular complexity index is 1430. The van der Waals surface area contributed by atoms with Crippen molar-refractivity contribution in [2.75, 3.05) is 7.11 Å². The number of alkyl carbamates (subject to hydrolysis) is 1. The summed E-state index contributed by atoms with van der Waals surface area (Å²) < 4.78 is 12.0. The molecule has 0 aliphatic rings. The SMILES string of the molecule is CCCCc1ccc2c(c1)cc(/C=C/C(C)C(=O)c1c(O)cc(C(C)CC/C=C/NC(=O)OC)oc1=O)n2C. The number of rotatable bonds is 12. The minimum atomic E-state index is -0.853. The first-order chi connectivity index (χ1) is 18.7. The number of ketones is 1. The number of unbranched alkanes of at least 4 members (excludes halogenated alkanes) is 1. The molecule has 1 aromatic carbocycles. The summed E-state index contributed by atoms with van der Waals surface area (Å²) in [6.07, 6.45) is 10.8. The molecule has 0 aliphatic heterocycles. The Morgan fingerprint density at radius 1 is 1.21 bits per heavy atom. The van der Waals surface area contributed by atoms with Gasteiger partial charge >= 0.3 is 11.7 Å². The second-order valence-electron chi connectivity index (χ2n) is 9.85. The molecule has 39 heavy (non-hydrogen) atoms. The highest BCUT2D eigenvalue weighted by atomic mass is 16.5. The lowest BCUT2D eigenvalue weighted by Crippen LogP contribution is -2.20. The van der Waals surface area contributed by atoms with Crippen LogP contribution in [0.5, 0.6) is 5.75 Å². The number of Topliss-reactive ketones (excluding diaryl/α,β-unsaturated/α-hetero) is 1. The minimum absolute atomic E-state index is 0.193. The Hall–Kier alpha value is -4.07. The van der Waals surface area contributed by atoms with E-state index in [1.54, 1.807) is 19.1 Å². The van der Waals surface area contributed by atoms with Crippen molar-refractivity contribution in [3.05, 3.63) is 81.7 Å². The van der Waals surface area contributed by atoms with Crippen LogP contribution < -0.4 is 10.9 Å². The van der Waals surface area contributed by atoms with E-state index in [1.165, 1.54) is 24.9 Å². The fraction of sp³-hybridized carbons (Fsp3) is 0.387. The van der Waals surface area contributed by atoms with Crippen LogP contribution in [0.3, 0.4) is 0 Å². The molecule has 0 radical (unpaired) electrons. The second-order valence-corrected chi connectivity index (χ2v) is 9.85. The number of nitrogens with zero attached hydrogens (tertiary/aromatic N) is 1. The van der Waals surface area contributed by atoms with Gasteiger partial charge in [-0.2, -0.15) is 0 Å². The number of fused-ring (bicyclic) bond motifs is 1. The number of methoxy groups -OCH3 is 1. The molecule has 8 heteroatoms. The molecule has 2 N–H and O–H groups in total. The molecule has 0 fully saturated rings. The molecule has 208 valence electrons. The van der Waals surface area contributed by atoms with Crippen molar-refractivity contribution in [1.29, 1.82) is 0 Å². The van der Waals surface area contributed by atoms with Gasteiger partial charge in [-0.3, -0.25) is 10.1 Å². The van der Waals surface area contributed by atoms with E-state index in [2.05, 4.69) is 45.8 Å². The summed E-state index contributed by atoms with van der Waals surface area (Å²) >= 11 is 0. The van der Waals surface area contributed by atoms with Crippen LogP contribution in [0, 0.1) is 5.92 Å². The van der Waals surface area contributed by atoms with Gasteiger partial charge in [0.2, 0.25) is 0 Å². The van der Waals surface area contributed by atoms with Gasteiger partial charge in [-0.1, -0.05) is 45.4 Å². The van der Waals surface area contributed by atoms with Crippen molar-refractivity contribution < 1.29 is 23.8 Å². The number of amides is 1. The molecule has 2 unspecified atom stereocenters. The average molecular weight is 535 g/mol. The first-order valence-electron chi connectivity index (χ1n) is 13.3. The van der Waals surface area contributed by atoms with Crippen molar-refractivity contribution in [2.45, 2.75) is 58.8 Å². The van der Waals surface area contributed by atoms with E-state index in [0.717, 1.165) is 35.9 Å². The average Bonchev–Trinajstić information content (AvgIpc) is 3.23. The van der Waals surface area contributed by atoms with E-state index in [4.69, 9.17) is 4.42 Å². The number of carbonyl (C=O) groups is 2. The van der Waals surface area contributed by atoms with Crippen LogP contribution in [-0.4, -0.2) is 28.7 Å². The van der Waals surface area contributed by atoms with E-state index >= 15 is 0 Å². The van der Waals surface area contributed by atoms with E-state index in [1.807, 2.05) is 20.0 Å². The highest BCUT2D eigenvalue weighted by Crippen LogP contribution is 2.27. The fourth-order valence-electron chi connectivity index (χ4n) is 4.40. The number of allylic oxidation sites excluding steroid dienone is 2. The molecule has 0 saturated carbocycles. The zero-order chi connectivity index (χ0) is 28.5. The highest BCUT2D eigenvalue weighted by molar-refractivity contribution is 6.01. The summed E-state index contributed by atoms with van der Waals surface area (Å²) in [6.45, 7) is 5.72. The number of hydrogen-bond donors (Lipinski definition) is 2. The highest BCUT2D eigenvalue weighted by Gasteiger charge is 2.24. The molecule has 0 bridgehead atoms. The summed E-state index contributed by atoms with van der Waals surface area (Å²) in [4.78, 5) is 36.8. The van der Waals surface area contributed by atoms with Crippen molar-refractivity contribution in [3.63, 3.8) is 0 Å². The number of ether oxygens (including phenoxy) is 1. The van der Waals surface area contributed by atoms with Crippen LogP contribution >= 0.6 is 0 Å². The second kappa shape index (κ2) is 13.6. The van der Waals surface area contributed by atoms with Gasteiger partial charge in [0.15, 0.2) is 5.78 Å². The lowest BCUT2D eigenvalue weighted by Gasteiger charge is -2.12. The Labute approximate surface area is 229 Å². The van der Waals surface area contributed by atoms with Gasteiger partial charge in [0.25, 0.3) is 0 Å². The lowest BCUT2D eigenvalue weighted by atomic mass is 9.97. The van der Waals surface area contributed by atoms with Crippen LogP contribution in [0.25, 0.3) is 17.0 Å². The normalized spacial score (nSPS) is 13.3. The molecule has 0 spiro atoms. The number of aromatic hydroxyl groups is 1. The van der Waals surface area contributed by atoms with Crippen molar-refractivity contribution in [1.82, 2.24) is 9.88 Å². The monoisotopic (exact) mass is 534 g/mol. The maximum atomic E-state index is 13.1. The summed E-state index contributed by atoms with van der Waals surface area (Å²) in [7, 11) is 3.26. The number of nitrogens with one attached hydrogen (secondary N) is 1. The molecule has 1 amide bonds. The Kier molecular flexibility index (Phi) is 10.3. The maximum absolute atomic E-state index is 13.1. The molecule has 2 heterocycles. The quantitative estimate of drug-likeness (QED) is 0.258. The lowest BCUT2D eigenvalue weighted by molar-refractivity contribution is 0.0945. The van der Waals surface area contributed by atoms with E-state index in [-0.39, 0.29) is 17.2 Å². The minimum Gasteiger partial charge on any atom is -0.507 e. The van der Waals surface area contributed by atoms with Crippen LogP contribution in [-0.2, 0) is 18.2 Å². The molecular weight excluding hydrogens is 496 g/mol. The van der Waals surface area contributed by atoms with Crippen molar-refractivity contribution in [3.8, 4) is 5.75 Å². The zero-order valence-electron chi connectivity index (χ0n) is 23.3. The Balaban J connectivity index is 1.70. The van der Waals surface area contributed by atoms with Gasteiger partial charge in [-0.05, 0) is 55.5 Å². The van der Waals surface area contributed by atoms with Crippen molar-refractivity contribution >= 4 is 28.9 Å². The smallest absolute Gasteiger partial charge is 0.410 e. The molecule has 0 aliphatic carbocycles. The number of aromatic nitrogens is 1. The maximum Gasteiger partial charge on any atom is 0.410 e. The van der Waals surface area contributed by atoms with E-state index in [9.17, 15) is 19.5 Å². The molecular formula is C31H38N2O6. The molecule has 8 nitrogen and oxygen atoms in total. The summed E-state index contributed by atoms with van der Waals surface area (Å²) in [5.74, 6) is -1.44. The van der Waals surface area contributed by atoms with Crippen LogP contribution in [0.4, 0.5) is 4.79 Å². The van der Waals surface area contributed by atoms with Gasteiger partial charge in [0, 0.05) is 47.7 Å². The zero-order valence-corrected chi connectivity index (χ0v) is 23.3. The van der Waals surface area contributed by atoms with Gasteiger partial charge < -0.3 is 18.8 Å². The number of benzene rings is 1. The van der Waals surface area contributed by atoms with Gasteiger partial charge in [-0.25, -0.2) is 9.59 Å². The first-order valence-corrected chi connectivity index (χ1v) is 13.3. The van der Waals surface area contributed by atoms with Gasteiger partial charge in [-0.15, -0.1) is 0 Å². The third-order valence-electron chi connectivity index (χ3n) is 6.88. The number of hydrogen-bond acceptors (Lipinski definition) is 6. The topological polar surface area (TPSA) is 111 Å². The third kappa shape index (κ3) is 7.50. The summed E-state index contributed by atoms with van der Waals surface area (Å²) in [5.41, 5.74) is 2.15. The predicted octanol–water partition coefficient (Wildman–Crippen LogP) is 6.47. The standard InChI is InChI=1S/C31H38N2O6/c1-6-7-11-22-13-15-25-23(17-22)18-24(33(25)4)14-12-21(3)29(35)28-26(34)19-27(39-30(28)36)20(2)10-8-9-16-32-31(37)38-5/h9,12-21,34H,6-8,10-11H2,1-5H3,(H,32,37)/b14-12+,16-9+. The fourth-order valence-corrected chi connectivity index (χ4v) is 4.40. The molecule has 0 saturated heterocycles. The largest absolute Gasteiger partial charge is 0.507 e. The molecule has 3 rings (SSSR count). The predicted molar refractivity (Wildman–Crippen MR) is 153 cm³/mol. The molecule has 3 aromatic rings. The Morgan fingerprint density at radius 3 is 2.67 bits per heavy atom. The Morgan fingerprint density at radius 2 is 1.97 bits per heavy atom. The molecule has 2 aromatic heterocycles. The first kappa shape index (κ1) is 29.5. The summed E-state index contributed by atoms with van der Waals surface area (Å²) in [5, 5.41) is 14.1. The number of carbonyl (C=O) groups excluding carboxylic acids is 2. The van der Waals surface area contributed by atoms with Crippen LogP contribution in [0.1, 0.15) is 79.7 Å². The van der Waals surface area contributed by atoms with Crippen molar-refractivity contribution in [2.24, 2.45) is 13.0 Å². The molecule has 2 atom stereocenters. The third-order valence-corrected chi connectivity index (χ3v) is 6.88. The van der Waals surface area contributed by atoms with E-state index in [0.29, 0.717) is 18.6 Å². The summed E-state index contributed by atoms with van der Waals surface area (Å²) in [6, 6.07) is 9.91. The van der Waals surface area contributed by atoms with Gasteiger partial charge in [0.1, 0.15) is 17.1 Å². The number of aryl methyl sites for hydroxylation is 2. The van der Waals surface area contributed by atoms with E-state index < -0.39 is 23.4 Å². The van der Waals surface area contributed by atoms with Crippen LogP contribution in [0.15, 0.2) is 57.9 Å². The van der Waals surface area contributed by atoms with Gasteiger partial charge in [0.05, 0.1) is 7.11 Å².